The third kappa shape index (κ3) is 4.83. The first-order valence-electron chi connectivity index (χ1n) is 11.9. The first kappa shape index (κ1) is 23.6. The summed E-state index contributed by atoms with van der Waals surface area (Å²) < 4.78 is 0. The molecule has 0 saturated heterocycles. The van der Waals surface area contributed by atoms with Crippen LogP contribution in [-0.4, -0.2) is 5.11 Å². The minimum atomic E-state index is 0.0125. The summed E-state index contributed by atoms with van der Waals surface area (Å²) >= 11 is 0. The molecule has 0 fully saturated rings. The van der Waals surface area contributed by atoms with Gasteiger partial charge in [-0.05, 0) is 69.9 Å². The third-order valence-electron chi connectivity index (χ3n) is 6.29. The molecule has 0 spiro atoms. The first-order chi connectivity index (χ1) is 18.2. The fourth-order valence-electron chi connectivity index (χ4n) is 4.41. The van der Waals surface area contributed by atoms with Crippen LogP contribution in [0, 0.1) is 17.9 Å². The SMILES string of the molecule is [C-]#[N+]c1c(C=Cc2ccc(N(c3ccccc3)c3ccc(CO)cc3)cc2)ccc2c(C#N)cccc12. The summed E-state index contributed by atoms with van der Waals surface area (Å²) in [6, 6.07) is 37.8. The van der Waals surface area contributed by atoms with E-state index in [4.69, 9.17) is 6.57 Å². The lowest BCUT2D eigenvalue weighted by molar-refractivity contribution is 0.282. The van der Waals surface area contributed by atoms with E-state index in [-0.39, 0.29) is 6.61 Å². The second-order valence-corrected chi connectivity index (χ2v) is 8.55. The van der Waals surface area contributed by atoms with Crippen molar-refractivity contribution >= 4 is 45.7 Å². The predicted molar refractivity (Wildman–Crippen MR) is 151 cm³/mol. The van der Waals surface area contributed by atoms with Gasteiger partial charge in [-0.1, -0.05) is 78.9 Å². The van der Waals surface area contributed by atoms with E-state index in [2.05, 4.69) is 52.2 Å². The molecular weight excluding hydrogens is 454 g/mol. The maximum atomic E-state index is 9.42. The van der Waals surface area contributed by atoms with Crippen molar-refractivity contribution in [1.29, 1.82) is 5.26 Å². The summed E-state index contributed by atoms with van der Waals surface area (Å²) in [5, 5.41) is 20.4. The zero-order chi connectivity index (χ0) is 25.6. The van der Waals surface area contributed by atoms with Crippen LogP contribution in [0.5, 0.6) is 0 Å². The molecule has 5 aromatic rings. The van der Waals surface area contributed by atoms with E-state index in [0.717, 1.165) is 44.5 Å². The molecule has 0 aliphatic heterocycles. The number of anilines is 3. The number of benzene rings is 5. The maximum Gasteiger partial charge on any atom is 0.202 e. The molecule has 37 heavy (non-hydrogen) atoms. The van der Waals surface area contributed by atoms with Crippen molar-refractivity contribution in [3.63, 3.8) is 0 Å². The molecule has 0 aliphatic rings. The minimum Gasteiger partial charge on any atom is -0.392 e. The molecule has 0 saturated carbocycles. The summed E-state index contributed by atoms with van der Waals surface area (Å²) in [5.41, 5.74) is 6.86. The number of rotatable bonds is 6. The average Bonchev–Trinajstić information content (AvgIpc) is 2.97. The molecule has 0 radical (unpaired) electrons. The number of aliphatic hydroxyl groups excluding tert-OH is 1. The molecule has 0 amide bonds. The van der Waals surface area contributed by atoms with Crippen LogP contribution in [0.2, 0.25) is 0 Å². The Labute approximate surface area is 216 Å². The zero-order valence-corrected chi connectivity index (χ0v) is 20.0. The number of hydrogen-bond acceptors (Lipinski definition) is 3. The van der Waals surface area contributed by atoms with Crippen molar-refractivity contribution in [3.05, 3.63) is 143 Å². The van der Waals surface area contributed by atoms with Crippen molar-refractivity contribution in [3.8, 4) is 6.07 Å². The Hall–Kier alpha value is -5.16. The molecule has 0 atom stereocenters. The number of aliphatic hydroxyl groups is 1. The third-order valence-corrected chi connectivity index (χ3v) is 6.29. The predicted octanol–water partition coefficient (Wildman–Crippen LogP) is 8.39. The molecule has 4 heteroatoms. The van der Waals surface area contributed by atoms with Gasteiger partial charge < -0.3 is 10.0 Å². The monoisotopic (exact) mass is 477 g/mol. The summed E-state index contributed by atoms with van der Waals surface area (Å²) in [6.45, 7) is 7.74. The fourth-order valence-corrected chi connectivity index (χ4v) is 4.41. The van der Waals surface area contributed by atoms with Gasteiger partial charge in [-0.3, -0.25) is 0 Å². The number of para-hydroxylation sites is 1. The second kappa shape index (κ2) is 10.6. The Morgan fingerprint density at radius 1 is 0.730 bits per heavy atom. The normalized spacial score (nSPS) is 10.8. The maximum absolute atomic E-state index is 9.42. The van der Waals surface area contributed by atoms with Gasteiger partial charge in [-0.25, -0.2) is 4.85 Å². The molecule has 1 N–H and O–H groups in total. The van der Waals surface area contributed by atoms with Gasteiger partial charge in [0, 0.05) is 17.1 Å². The summed E-state index contributed by atoms with van der Waals surface area (Å²) in [7, 11) is 0. The van der Waals surface area contributed by atoms with E-state index in [1.54, 1.807) is 6.07 Å². The van der Waals surface area contributed by atoms with Crippen LogP contribution < -0.4 is 4.90 Å². The largest absolute Gasteiger partial charge is 0.392 e. The lowest BCUT2D eigenvalue weighted by atomic mass is 9.99. The number of fused-ring (bicyclic) bond motifs is 1. The van der Waals surface area contributed by atoms with Gasteiger partial charge in [-0.15, -0.1) is 0 Å². The van der Waals surface area contributed by atoms with Gasteiger partial charge >= 0.3 is 0 Å². The Morgan fingerprint density at radius 3 is 2.05 bits per heavy atom. The van der Waals surface area contributed by atoms with Crippen LogP contribution in [0.3, 0.4) is 0 Å². The Morgan fingerprint density at radius 2 is 1.41 bits per heavy atom. The Balaban J connectivity index is 1.47. The van der Waals surface area contributed by atoms with Crippen LogP contribution in [0.25, 0.3) is 27.8 Å². The van der Waals surface area contributed by atoms with Crippen molar-refractivity contribution in [2.45, 2.75) is 6.61 Å². The van der Waals surface area contributed by atoms with Gasteiger partial charge in [0.25, 0.3) is 0 Å². The highest BCUT2D eigenvalue weighted by atomic mass is 16.3. The molecule has 4 nitrogen and oxygen atoms in total. The molecule has 0 bridgehead atoms. The smallest absolute Gasteiger partial charge is 0.202 e. The first-order valence-corrected chi connectivity index (χ1v) is 11.9. The van der Waals surface area contributed by atoms with Gasteiger partial charge in [0.05, 0.1) is 24.8 Å². The standard InChI is InChI=1S/C33H23N3O/c1-35-33-26(16-21-31-27(22-34)6-5-9-32(31)33)15-10-24-11-17-29(18-12-24)36(28-7-3-2-4-8-28)30-19-13-25(23-37)14-20-30/h2-21,37H,23H2. The molecule has 5 rings (SSSR count). The highest BCUT2D eigenvalue weighted by Crippen LogP contribution is 2.36. The molecule has 0 aliphatic carbocycles. The van der Waals surface area contributed by atoms with E-state index in [0.29, 0.717) is 11.3 Å². The van der Waals surface area contributed by atoms with Gasteiger partial charge in [-0.2, -0.15) is 5.26 Å². The van der Waals surface area contributed by atoms with Crippen molar-refractivity contribution in [2.75, 3.05) is 4.90 Å². The fraction of sp³-hybridized carbons (Fsp3) is 0.0303. The van der Waals surface area contributed by atoms with Crippen LogP contribution in [0.1, 0.15) is 22.3 Å². The molecule has 0 aromatic heterocycles. The number of hydrogen-bond donors (Lipinski definition) is 1. The zero-order valence-electron chi connectivity index (χ0n) is 20.0. The topological polar surface area (TPSA) is 51.6 Å². The molecule has 0 unspecified atom stereocenters. The van der Waals surface area contributed by atoms with E-state index in [1.807, 2.05) is 78.9 Å². The Kier molecular flexibility index (Phi) is 6.77. The number of nitrogens with zero attached hydrogens (tertiary/aromatic N) is 3. The van der Waals surface area contributed by atoms with E-state index in [9.17, 15) is 10.4 Å². The summed E-state index contributed by atoms with van der Waals surface area (Å²) in [4.78, 5) is 5.94. The highest BCUT2D eigenvalue weighted by Gasteiger charge is 2.12. The Bertz CT molecular complexity index is 1660. The average molecular weight is 478 g/mol. The molecule has 5 aromatic carbocycles. The highest BCUT2D eigenvalue weighted by molar-refractivity contribution is 6.01. The van der Waals surface area contributed by atoms with Crippen LogP contribution in [0.15, 0.2) is 109 Å². The summed E-state index contributed by atoms with van der Waals surface area (Å²) in [5.74, 6) is 0. The minimum absolute atomic E-state index is 0.0125. The molecule has 176 valence electrons. The lowest BCUT2D eigenvalue weighted by Crippen LogP contribution is -2.09. The van der Waals surface area contributed by atoms with Crippen LogP contribution in [0.4, 0.5) is 22.7 Å². The van der Waals surface area contributed by atoms with Crippen LogP contribution >= 0.6 is 0 Å². The summed E-state index contributed by atoms with van der Waals surface area (Å²) in [6.07, 6.45) is 3.94. The second-order valence-electron chi connectivity index (χ2n) is 8.55. The van der Waals surface area contributed by atoms with Crippen molar-refractivity contribution in [1.82, 2.24) is 0 Å². The molecule has 0 heterocycles. The van der Waals surface area contributed by atoms with Gasteiger partial charge in [0.1, 0.15) is 0 Å². The number of nitriles is 1. The van der Waals surface area contributed by atoms with E-state index >= 15 is 0 Å². The van der Waals surface area contributed by atoms with E-state index in [1.165, 1.54) is 0 Å². The quantitative estimate of drug-likeness (QED) is 0.197. The van der Waals surface area contributed by atoms with Gasteiger partial charge in [0.15, 0.2) is 0 Å². The molecular formula is C33H23N3O. The van der Waals surface area contributed by atoms with Crippen molar-refractivity contribution < 1.29 is 5.11 Å². The van der Waals surface area contributed by atoms with E-state index < -0.39 is 0 Å². The van der Waals surface area contributed by atoms with Gasteiger partial charge in [0.2, 0.25) is 5.69 Å². The van der Waals surface area contributed by atoms with Crippen molar-refractivity contribution in [2.24, 2.45) is 0 Å². The van der Waals surface area contributed by atoms with Crippen LogP contribution in [-0.2, 0) is 6.61 Å². The lowest BCUT2D eigenvalue weighted by Gasteiger charge is -2.25.